The molecule has 1 aromatic carbocycles. The van der Waals surface area contributed by atoms with E-state index in [0.717, 1.165) is 18.5 Å². The normalized spacial score (nSPS) is 10.5. The number of nitrogens with zero attached hydrogens (tertiary/aromatic N) is 3. The highest BCUT2D eigenvalue weighted by molar-refractivity contribution is 5.34. The molecule has 0 fully saturated rings. The second-order valence-corrected chi connectivity index (χ2v) is 3.72. The molecule has 2 aromatic rings. The lowest BCUT2D eigenvalue weighted by Gasteiger charge is -2.05. The predicted octanol–water partition coefficient (Wildman–Crippen LogP) is 2.53. The standard InChI is InChI=1S/C12H15N3/c1-3-4-12-9-13-14-15(12)11-7-5-10(2)6-8-11/h5-9H,3-4H2,1-2H3. The van der Waals surface area contributed by atoms with Gasteiger partial charge in [-0.15, -0.1) is 5.10 Å². The summed E-state index contributed by atoms with van der Waals surface area (Å²) in [6.07, 6.45) is 3.96. The second-order valence-electron chi connectivity index (χ2n) is 3.72. The Morgan fingerprint density at radius 3 is 2.60 bits per heavy atom. The molecule has 15 heavy (non-hydrogen) atoms. The van der Waals surface area contributed by atoms with Crippen LogP contribution in [0.25, 0.3) is 5.69 Å². The number of benzene rings is 1. The van der Waals surface area contributed by atoms with E-state index in [9.17, 15) is 0 Å². The van der Waals surface area contributed by atoms with Crippen LogP contribution in [0.5, 0.6) is 0 Å². The van der Waals surface area contributed by atoms with E-state index in [1.165, 1.54) is 11.3 Å². The van der Waals surface area contributed by atoms with Crippen LogP contribution in [0.2, 0.25) is 0 Å². The summed E-state index contributed by atoms with van der Waals surface area (Å²) in [4.78, 5) is 0. The Kier molecular flexibility index (Phi) is 2.81. The highest BCUT2D eigenvalue weighted by Crippen LogP contribution is 2.11. The number of aryl methyl sites for hydroxylation is 2. The Morgan fingerprint density at radius 2 is 1.93 bits per heavy atom. The smallest absolute Gasteiger partial charge is 0.0729 e. The fourth-order valence-electron chi connectivity index (χ4n) is 1.59. The third-order valence-electron chi connectivity index (χ3n) is 2.40. The van der Waals surface area contributed by atoms with Crippen LogP contribution >= 0.6 is 0 Å². The van der Waals surface area contributed by atoms with Crippen molar-refractivity contribution >= 4 is 0 Å². The maximum atomic E-state index is 4.10. The topological polar surface area (TPSA) is 30.7 Å². The summed E-state index contributed by atoms with van der Waals surface area (Å²) < 4.78 is 1.91. The molecule has 0 radical (unpaired) electrons. The van der Waals surface area contributed by atoms with Gasteiger partial charge in [0.1, 0.15) is 0 Å². The molecule has 0 aliphatic rings. The van der Waals surface area contributed by atoms with E-state index in [0.29, 0.717) is 0 Å². The van der Waals surface area contributed by atoms with E-state index >= 15 is 0 Å². The van der Waals surface area contributed by atoms with E-state index in [2.05, 4.69) is 48.4 Å². The van der Waals surface area contributed by atoms with E-state index in [1.54, 1.807) is 0 Å². The van der Waals surface area contributed by atoms with Crippen molar-refractivity contribution in [2.45, 2.75) is 26.7 Å². The van der Waals surface area contributed by atoms with Gasteiger partial charge in [-0.25, -0.2) is 4.68 Å². The maximum absolute atomic E-state index is 4.10. The molecule has 0 bridgehead atoms. The van der Waals surface area contributed by atoms with E-state index < -0.39 is 0 Å². The van der Waals surface area contributed by atoms with Gasteiger partial charge in [0.15, 0.2) is 0 Å². The first-order valence-corrected chi connectivity index (χ1v) is 5.28. The van der Waals surface area contributed by atoms with E-state index in [4.69, 9.17) is 0 Å². The summed E-state index contributed by atoms with van der Waals surface area (Å²) in [5, 5.41) is 8.05. The van der Waals surface area contributed by atoms with Gasteiger partial charge in [-0.3, -0.25) is 0 Å². The van der Waals surface area contributed by atoms with Crippen molar-refractivity contribution in [1.82, 2.24) is 15.0 Å². The van der Waals surface area contributed by atoms with Gasteiger partial charge < -0.3 is 0 Å². The lowest BCUT2D eigenvalue weighted by atomic mass is 10.2. The molecule has 0 aliphatic heterocycles. The first kappa shape index (κ1) is 9.90. The molecule has 1 heterocycles. The lowest BCUT2D eigenvalue weighted by molar-refractivity contribution is 0.745. The van der Waals surface area contributed by atoms with Crippen LogP contribution in [-0.4, -0.2) is 15.0 Å². The van der Waals surface area contributed by atoms with Crippen molar-refractivity contribution in [1.29, 1.82) is 0 Å². The Hall–Kier alpha value is -1.64. The molecule has 0 N–H and O–H groups in total. The number of hydrogen-bond acceptors (Lipinski definition) is 2. The molecule has 0 spiro atoms. The van der Waals surface area contributed by atoms with Gasteiger partial charge >= 0.3 is 0 Å². The van der Waals surface area contributed by atoms with Gasteiger partial charge in [-0.05, 0) is 25.5 Å². The largest absolute Gasteiger partial charge is 0.218 e. The Bertz CT molecular complexity index is 428. The van der Waals surface area contributed by atoms with Crippen molar-refractivity contribution < 1.29 is 0 Å². The Morgan fingerprint density at radius 1 is 1.20 bits per heavy atom. The number of aromatic nitrogens is 3. The monoisotopic (exact) mass is 201 g/mol. The molecule has 0 saturated heterocycles. The summed E-state index contributed by atoms with van der Waals surface area (Å²) in [5.74, 6) is 0. The lowest BCUT2D eigenvalue weighted by Crippen LogP contribution is -2.01. The summed E-state index contributed by atoms with van der Waals surface area (Å²) in [5.41, 5.74) is 3.51. The molecular formula is C12H15N3. The van der Waals surface area contributed by atoms with Crippen LogP contribution in [-0.2, 0) is 6.42 Å². The van der Waals surface area contributed by atoms with Crippen LogP contribution in [0, 0.1) is 6.92 Å². The molecule has 0 aliphatic carbocycles. The molecule has 78 valence electrons. The third kappa shape index (κ3) is 2.06. The van der Waals surface area contributed by atoms with Crippen LogP contribution in [0.3, 0.4) is 0 Å². The van der Waals surface area contributed by atoms with Crippen molar-refractivity contribution in [3.63, 3.8) is 0 Å². The average Bonchev–Trinajstić information content (AvgIpc) is 2.68. The minimum Gasteiger partial charge on any atom is -0.218 e. The molecule has 1 aromatic heterocycles. The minimum atomic E-state index is 1.01. The maximum Gasteiger partial charge on any atom is 0.0729 e. The molecular weight excluding hydrogens is 186 g/mol. The van der Waals surface area contributed by atoms with Gasteiger partial charge in [0.05, 0.1) is 17.6 Å². The van der Waals surface area contributed by atoms with Crippen molar-refractivity contribution in [2.75, 3.05) is 0 Å². The average molecular weight is 201 g/mol. The predicted molar refractivity (Wildman–Crippen MR) is 60.1 cm³/mol. The Balaban J connectivity index is 2.36. The van der Waals surface area contributed by atoms with Crippen molar-refractivity contribution in [3.8, 4) is 5.69 Å². The van der Waals surface area contributed by atoms with Gasteiger partial charge in [-0.2, -0.15) is 0 Å². The van der Waals surface area contributed by atoms with Crippen LogP contribution in [0.1, 0.15) is 24.6 Å². The zero-order valence-electron chi connectivity index (χ0n) is 9.14. The second kappa shape index (κ2) is 4.26. The SMILES string of the molecule is CCCc1cnnn1-c1ccc(C)cc1. The van der Waals surface area contributed by atoms with Crippen LogP contribution in [0.4, 0.5) is 0 Å². The van der Waals surface area contributed by atoms with Crippen LogP contribution < -0.4 is 0 Å². The molecule has 3 nitrogen and oxygen atoms in total. The molecule has 3 heteroatoms. The number of rotatable bonds is 3. The fraction of sp³-hybridized carbons (Fsp3) is 0.333. The first-order chi connectivity index (χ1) is 7.31. The Labute approximate surface area is 89.7 Å². The molecule has 0 atom stereocenters. The quantitative estimate of drug-likeness (QED) is 0.764. The summed E-state index contributed by atoms with van der Waals surface area (Å²) in [6, 6.07) is 8.33. The highest BCUT2D eigenvalue weighted by atomic mass is 15.4. The molecule has 0 saturated carbocycles. The van der Waals surface area contributed by atoms with Gasteiger partial charge in [-0.1, -0.05) is 36.3 Å². The van der Waals surface area contributed by atoms with Gasteiger partial charge in [0.2, 0.25) is 0 Å². The van der Waals surface area contributed by atoms with Crippen LogP contribution in [0.15, 0.2) is 30.5 Å². The zero-order valence-corrected chi connectivity index (χ0v) is 9.14. The molecule has 0 unspecified atom stereocenters. The highest BCUT2D eigenvalue weighted by Gasteiger charge is 2.04. The van der Waals surface area contributed by atoms with Crippen molar-refractivity contribution in [2.24, 2.45) is 0 Å². The summed E-state index contributed by atoms with van der Waals surface area (Å²) in [7, 11) is 0. The minimum absolute atomic E-state index is 1.01. The van der Waals surface area contributed by atoms with Crippen molar-refractivity contribution in [3.05, 3.63) is 41.7 Å². The zero-order chi connectivity index (χ0) is 10.7. The van der Waals surface area contributed by atoms with E-state index in [-0.39, 0.29) is 0 Å². The molecule has 2 rings (SSSR count). The first-order valence-electron chi connectivity index (χ1n) is 5.28. The summed E-state index contributed by atoms with van der Waals surface area (Å²) >= 11 is 0. The number of hydrogen-bond donors (Lipinski definition) is 0. The van der Waals surface area contributed by atoms with Gasteiger partial charge in [0, 0.05) is 0 Å². The fourth-order valence-corrected chi connectivity index (χ4v) is 1.59. The van der Waals surface area contributed by atoms with E-state index in [1.807, 2.05) is 10.9 Å². The summed E-state index contributed by atoms with van der Waals surface area (Å²) in [6.45, 7) is 4.24. The molecule has 0 amide bonds. The third-order valence-corrected chi connectivity index (χ3v) is 2.40. The van der Waals surface area contributed by atoms with Gasteiger partial charge in [0.25, 0.3) is 0 Å².